The van der Waals surface area contributed by atoms with Gasteiger partial charge in [0.2, 0.25) is 0 Å². The summed E-state index contributed by atoms with van der Waals surface area (Å²) in [6.07, 6.45) is 4.25. The molecule has 0 fully saturated rings. The molecule has 1 N–H and O–H groups in total. The first-order valence-electron chi connectivity index (χ1n) is 5.55. The second-order valence-electron chi connectivity index (χ2n) is 3.84. The molecule has 4 heteroatoms. The Balaban J connectivity index is 3.27. The van der Waals surface area contributed by atoms with Crippen LogP contribution in [0.25, 0.3) is 0 Å². The van der Waals surface area contributed by atoms with Gasteiger partial charge in [0.15, 0.2) is 0 Å². The molecule has 0 amide bonds. The zero-order valence-electron chi connectivity index (χ0n) is 9.88. The second kappa shape index (κ2) is 5.49. The van der Waals surface area contributed by atoms with Crippen LogP contribution in [0.2, 0.25) is 0 Å². The number of H-pyrrole nitrogens is 1. The lowest BCUT2D eigenvalue weighted by atomic mass is 10.1. The van der Waals surface area contributed by atoms with Crippen molar-refractivity contribution in [1.82, 2.24) is 9.55 Å². The van der Waals surface area contributed by atoms with Crippen LogP contribution < -0.4 is 11.2 Å². The monoisotopic (exact) mass is 222 g/mol. The van der Waals surface area contributed by atoms with E-state index in [1.165, 1.54) is 4.57 Å². The summed E-state index contributed by atoms with van der Waals surface area (Å²) in [5.41, 5.74) is 0.851. The van der Waals surface area contributed by atoms with E-state index in [-0.39, 0.29) is 17.8 Å². The van der Waals surface area contributed by atoms with Gasteiger partial charge < -0.3 is 4.98 Å². The van der Waals surface area contributed by atoms with Gasteiger partial charge in [0.1, 0.15) is 0 Å². The van der Waals surface area contributed by atoms with Gasteiger partial charge in [-0.2, -0.15) is 0 Å². The van der Waals surface area contributed by atoms with Gasteiger partial charge in [-0.1, -0.05) is 19.4 Å². The first-order valence-corrected chi connectivity index (χ1v) is 5.55. The maximum atomic E-state index is 12.0. The van der Waals surface area contributed by atoms with Crippen molar-refractivity contribution in [3.8, 4) is 0 Å². The van der Waals surface area contributed by atoms with E-state index in [0.717, 1.165) is 19.3 Å². The third-order valence-corrected chi connectivity index (χ3v) is 2.59. The summed E-state index contributed by atoms with van der Waals surface area (Å²) in [6, 6.07) is 0. The fraction of sp³-hybridized carbons (Fsp3) is 0.500. The van der Waals surface area contributed by atoms with E-state index in [4.69, 9.17) is 0 Å². The minimum atomic E-state index is -0.359. The standard InChI is InChI=1S/C12H18N2O2/c1-4-6-7-10-9(3)13-12(16)14(8-5-2)11(10)15/h5H,2,4,6-8H2,1,3H3,(H,13,16). The summed E-state index contributed by atoms with van der Waals surface area (Å²) in [4.78, 5) is 26.2. The highest BCUT2D eigenvalue weighted by Crippen LogP contribution is 2.02. The van der Waals surface area contributed by atoms with Crippen molar-refractivity contribution in [2.45, 2.75) is 39.7 Å². The molecule has 0 aromatic carbocycles. The highest BCUT2D eigenvalue weighted by molar-refractivity contribution is 5.15. The highest BCUT2D eigenvalue weighted by atomic mass is 16.2. The second-order valence-corrected chi connectivity index (χ2v) is 3.84. The Hall–Kier alpha value is -1.58. The molecule has 0 saturated heterocycles. The average Bonchev–Trinajstić information content (AvgIpc) is 2.24. The number of hydrogen-bond acceptors (Lipinski definition) is 2. The molecule has 1 rings (SSSR count). The lowest BCUT2D eigenvalue weighted by Gasteiger charge is -2.07. The number of aromatic amines is 1. The summed E-state index contributed by atoms with van der Waals surface area (Å²) < 4.78 is 1.19. The van der Waals surface area contributed by atoms with Gasteiger partial charge in [0.25, 0.3) is 5.56 Å². The van der Waals surface area contributed by atoms with Gasteiger partial charge in [-0.15, -0.1) is 6.58 Å². The smallest absolute Gasteiger partial charge is 0.311 e. The number of nitrogens with zero attached hydrogens (tertiary/aromatic N) is 1. The van der Waals surface area contributed by atoms with Crippen molar-refractivity contribution in [3.63, 3.8) is 0 Å². The molecule has 0 bridgehead atoms. The summed E-state index contributed by atoms with van der Waals surface area (Å²) in [5, 5.41) is 0. The molecule has 1 aromatic rings. The number of hydrogen-bond donors (Lipinski definition) is 1. The van der Waals surface area contributed by atoms with Crippen LogP contribution in [0.3, 0.4) is 0 Å². The Morgan fingerprint density at radius 3 is 2.69 bits per heavy atom. The maximum Gasteiger partial charge on any atom is 0.328 e. The Bertz CT molecular complexity index is 483. The van der Waals surface area contributed by atoms with Gasteiger partial charge in [0.05, 0.1) is 0 Å². The summed E-state index contributed by atoms with van der Waals surface area (Å²) in [5.74, 6) is 0. The summed E-state index contributed by atoms with van der Waals surface area (Å²) in [7, 11) is 0. The van der Waals surface area contributed by atoms with Crippen molar-refractivity contribution in [2.24, 2.45) is 0 Å². The van der Waals surface area contributed by atoms with E-state index >= 15 is 0 Å². The van der Waals surface area contributed by atoms with E-state index in [9.17, 15) is 9.59 Å². The fourth-order valence-electron chi connectivity index (χ4n) is 1.66. The van der Waals surface area contributed by atoms with Crippen molar-refractivity contribution >= 4 is 0 Å². The quantitative estimate of drug-likeness (QED) is 0.765. The molecular weight excluding hydrogens is 204 g/mol. The van der Waals surface area contributed by atoms with Gasteiger partial charge in [-0.25, -0.2) is 4.79 Å². The predicted molar refractivity (Wildman–Crippen MR) is 64.9 cm³/mol. The number of nitrogens with one attached hydrogen (secondary N) is 1. The molecule has 1 heterocycles. The van der Waals surface area contributed by atoms with Crippen LogP contribution in [0.15, 0.2) is 22.2 Å². The van der Waals surface area contributed by atoms with Crippen LogP contribution >= 0.6 is 0 Å². The minimum Gasteiger partial charge on any atom is -0.311 e. The highest BCUT2D eigenvalue weighted by Gasteiger charge is 2.09. The third kappa shape index (κ3) is 2.51. The van der Waals surface area contributed by atoms with Crippen molar-refractivity contribution in [1.29, 1.82) is 0 Å². The zero-order chi connectivity index (χ0) is 12.1. The Morgan fingerprint density at radius 1 is 1.44 bits per heavy atom. The van der Waals surface area contributed by atoms with Crippen LogP contribution in [-0.2, 0) is 13.0 Å². The van der Waals surface area contributed by atoms with Crippen LogP contribution in [0.4, 0.5) is 0 Å². The molecule has 88 valence electrons. The van der Waals surface area contributed by atoms with Crippen LogP contribution in [-0.4, -0.2) is 9.55 Å². The Kier molecular flexibility index (Phi) is 4.28. The van der Waals surface area contributed by atoms with E-state index in [2.05, 4.69) is 18.5 Å². The number of aryl methyl sites for hydroxylation is 1. The molecule has 0 radical (unpaired) electrons. The lowest BCUT2D eigenvalue weighted by Crippen LogP contribution is -2.37. The number of rotatable bonds is 5. The lowest BCUT2D eigenvalue weighted by molar-refractivity contribution is 0.675. The van der Waals surface area contributed by atoms with Gasteiger partial charge in [0, 0.05) is 17.8 Å². The molecule has 0 aliphatic carbocycles. The van der Waals surface area contributed by atoms with E-state index in [1.807, 2.05) is 0 Å². The first-order chi connectivity index (χ1) is 7.61. The molecular formula is C12H18N2O2. The minimum absolute atomic E-state index is 0.186. The largest absolute Gasteiger partial charge is 0.328 e. The summed E-state index contributed by atoms with van der Waals surface area (Å²) >= 11 is 0. The molecule has 1 aromatic heterocycles. The van der Waals surface area contributed by atoms with Crippen molar-refractivity contribution in [2.75, 3.05) is 0 Å². The normalized spacial score (nSPS) is 10.4. The van der Waals surface area contributed by atoms with Gasteiger partial charge in [-0.3, -0.25) is 9.36 Å². The maximum absolute atomic E-state index is 12.0. The zero-order valence-corrected chi connectivity index (χ0v) is 9.88. The predicted octanol–water partition coefficient (Wildman–Crippen LogP) is 1.37. The molecule has 0 atom stereocenters. The fourth-order valence-corrected chi connectivity index (χ4v) is 1.66. The molecule has 4 nitrogen and oxygen atoms in total. The van der Waals surface area contributed by atoms with Crippen LogP contribution in [0, 0.1) is 6.92 Å². The van der Waals surface area contributed by atoms with E-state index in [1.54, 1.807) is 13.0 Å². The molecule has 0 saturated carbocycles. The number of allylic oxidation sites excluding steroid dienone is 1. The van der Waals surface area contributed by atoms with Crippen LogP contribution in [0.5, 0.6) is 0 Å². The summed E-state index contributed by atoms with van der Waals surface area (Å²) in [6.45, 7) is 7.64. The SMILES string of the molecule is C=CCn1c(=O)[nH]c(C)c(CCCC)c1=O. The number of unbranched alkanes of at least 4 members (excludes halogenated alkanes) is 1. The topological polar surface area (TPSA) is 54.9 Å². The molecule has 0 spiro atoms. The van der Waals surface area contributed by atoms with E-state index in [0.29, 0.717) is 11.3 Å². The number of aromatic nitrogens is 2. The Labute approximate surface area is 94.6 Å². The molecule has 16 heavy (non-hydrogen) atoms. The van der Waals surface area contributed by atoms with Crippen molar-refractivity contribution in [3.05, 3.63) is 44.8 Å². The molecule has 0 aliphatic rings. The van der Waals surface area contributed by atoms with Crippen molar-refractivity contribution < 1.29 is 0 Å². The third-order valence-electron chi connectivity index (χ3n) is 2.59. The van der Waals surface area contributed by atoms with Gasteiger partial charge in [-0.05, 0) is 19.8 Å². The molecule has 0 unspecified atom stereocenters. The van der Waals surface area contributed by atoms with Gasteiger partial charge >= 0.3 is 5.69 Å². The Morgan fingerprint density at radius 2 is 2.12 bits per heavy atom. The first kappa shape index (κ1) is 12.5. The van der Waals surface area contributed by atoms with E-state index < -0.39 is 0 Å². The average molecular weight is 222 g/mol. The van der Waals surface area contributed by atoms with Crippen LogP contribution in [0.1, 0.15) is 31.0 Å². The molecule has 0 aliphatic heterocycles.